The number of nitrogens with two attached hydrogens (primary N) is 1. The zero-order valence-corrected chi connectivity index (χ0v) is 25.5. The topological polar surface area (TPSA) is 38.0 Å². The second-order valence-corrected chi connectivity index (χ2v) is 11.2. The van der Waals surface area contributed by atoms with Crippen LogP contribution in [-0.2, 0) is 12.8 Å². The number of rotatable bonds is 14. The molecule has 0 saturated heterocycles. The van der Waals surface area contributed by atoms with Crippen LogP contribution in [0.25, 0.3) is 0 Å². The molecule has 1 aromatic carbocycles. The predicted molar refractivity (Wildman–Crippen MR) is 152 cm³/mol. The summed E-state index contributed by atoms with van der Waals surface area (Å²) >= 11 is 0.578. The van der Waals surface area contributed by atoms with Crippen LogP contribution >= 0.6 is 0 Å². The van der Waals surface area contributed by atoms with Crippen LogP contribution < -0.4 is 32.3 Å². The Hall–Kier alpha value is -0.970. The van der Waals surface area contributed by atoms with Gasteiger partial charge in [-0.15, -0.1) is 13.2 Å². The number of hydrogen-bond acceptors (Lipinski definition) is 2. The summed E-state index contributed by atoms with van der Waals surface area (Å²) in [6.07, 6.45) is 15.0. The molecule has 0 aromatic heterocycles. The molecule has 1 unspecified atom stereocenters. The molecule has 3 heteroatoms. The third-order valence-corrected chi connectivity index (χ3v) is 9.03. The molecule has 0 radical (unpaired) electrons. The van der Waals surface area contributed by atoms with E-state index in [2.05, 4.69) is 78.2 Å². The second kappa shape index (κ2) is 31.0. The molecule has 0 spiro atoms. The van der Waals surface area contributed by atoms with Gasteiger partial charge in [-0.2, -0.15) is 0 Å². The van der Waals surface area contributed by atoms with Crippen molar-refractivity contribution in [2.45, 2.75) is 106 Å². The van der Waals surface area contributed by atoms with Crippen LogP contribution in [0.5, 0.6) is 0 Å². The summed E-state index contributed by atoms with van der Waals surface area (Å²) in [5.41, 5.74) is 9.05. The zero-order valence-electron chi connectivity index (χ0n) is 23.3. The molecule has 0 saturated carbocycles. The summed E-state index contributed by atoms with van der Waals surface area (Å²) in [5, 5.41) is 3.57. The number of hydrogen-bond donors (Lipinski definition) is 2. The Labute approximate surface area is 219 Å². The number of benzene rings is 1. The van der Waals surface area contributed by atoms with Gasteiger partial charge in [-0.3, -0.25) is 0 Å². The fourth-order valence-electron chi connectivity index (χ4n) is 2.74. The molecule has 0 bridgehead atoms. The summed E-state index contributed by atoms with van der Waals surface area (Å²) in [7, 11) is 0. The van der Waals surface area contributed by atoms with E-state index in [4.69, 9.17) is 5.73 Å². The van der Waals surface area contributed by atoms with Crippen molar-refractivity contribution in [1.82, 2.24) is 0 Å². The number of alkyl halides is 2. The second-order valence-electron chi connectivity index (χ2n) is 8.16. The molecule has 1 aromatic rings. The fraction of sp³-hybridized carbons (Fsp3) is 0.667. The zero-order chi connectivity index (χ0) is 25.7. The van der Waals surface area contributed by atoms with Gasteiger partial charge in [-0.05, 0) is 55.6 Å². The van der Waals surface area contributed by atoms with Crippen LogP contribution in [-0.4, -0.2) is 15.4 Å². The van der Waals surface area contributed by atoms with Gasteiger partial charge in [-0.25, -0.2) is 0 Å². The van der Waals surface area contributed by atoms with Crippen LogP contribution in [0.4, 0.5) is 5.69 Å². The molecule has 0 heterocycles. The minimum absolute atomic E-state index is 0.578. The van der Waals surface area contributed by atoms with Gasteiger partial charge in [0.2, 0.25) is 0 Å². The molecule has 0 aliphatic rings. The first-order valence-electron chi connectivity index (χ1n) is 13.3. The van der Waals surface area contributed by atoms with E-state index in [-0.39, 0.29) is 0 Å². The van der Waals surface area contributed by atoms with Crippen molar-refractivity contribution < 1.29 is 21.2 Å². The van der Waals surface area contributed by atoms with Crippen molar-refractivity contribution >= 4 is 5.69 Å². The summed E-state index contributed by atoms with van der Waals surface area (Å²) in [5.74, 6) is 1.00. The number of aryl methyl sites for hydroxylation is 2. The molecular formula is C30H58IN2-. The minimum atomic E-state index is 0.578. The quantitative estimate of drug-likeness (QED) is 0.124. The molecule has 0 aliphatic carbocycles. The van der Waals surface area contributed by atoms with E-state index in [9.17, 15) is 0 Å². The van der Waals surface area contributed by atoms with Crippen LogP contribution in [0.15, 0.2) is 43.6 Å². The average molecular weight is 574 g/mol. The Morgan fingerprint density at radius 1 is 0.909 bits per heavy atom. The number of allylic oxidation sites excluding steroid dienone is 1. The molecule has 1 atom stereocenters. The third kappa shape index (κ3) is 27.2. The van der Waals surface area contributed by atoms with E-state index in [1.807, 2.05) is 6.92 Å². The van der Waals surface area contributed by atoms with Gasteiger partial charge in [0, 0.05) is 12.2 Å². The van der Waals surface area contributed by atoms with E-state index in [1.165, 1.54) is 72.4 Å². The van der Waals surface area contributed by atoms with Crippen LogP contribution in [0, 0.1) is 5.92 Å². The molecule has 196 valence electrons. The predicted octanol–water partition coefficient (Wildman–Crippen LogP) is 6.01. The Bertz CT molecular complexity index is 502. The van der Waals surface area contributed by atoms with Gasteiger partial charge in [0.1, 0.15) is 0 Å². The van der Waals surface area contributed by atoms with Crippen LogP contribution in [0.2, 0.25) is 0 Å². The first-order valence-corrected chi connectivity index (χ1v) is 16.3. The summed E-state index contributed by atoms with van der Waals surface area (Å²) in [4.78, 5) is 0. The molecule has 33 heavy (non-hydrogen) atoms. The van der Waals surface area contributed by atoms with Crippen molar-refractivity contribution in [3.8, 4) is 0 Å². The summed E-state index contributed by atoms with van der Waals surface area (Å²) in [6.45, 7) is 22.7. The molecule has 0 fully saturated rings. The Morgan fingerprint density at radius 3 is 1.88 bits per heavy atom. The van der Waals surface area contributed by atoms with E-state index in [0.717, 1.165) is 25.3 Å². The molecule has 2 nitrogen and oxygen atoms in total. The van der Waals surface area contributed by atoms with Gasteiger partial charge in [0.25, 0.3) is 0 Å². The monoisotopic (exact) mass is 573 g/mol. The van der Waals surface area contributed by atoms with E-state index < -0.39 is 0 Å². The fourth-order valence-corrected chi connectivity index (χ4v) is 5.63. The Kier molecular flexibility index (Phi) is 34.4. The van der Waals surface area contributed by atoms with E-state index in [0.29, 0.717) is 21.2 Å². The van der Waals surface area contributed by atoms with Crippen molar-refractivity contribution in [1.29, 1.82) is 0 Å². The van der Waals surface area contributed by atoms with Crippen molar-refractivity contribution in [2.24, 2.45) is 11.7 Å². The van der Waals surface area contributed by atoms with E-state index >= 15 is 0 Å². The normalized spacial score (nSPS) is 10.9. The maximum absolute atomic E-state index is 4.85. The van der Waals surface area contributed by atoms with Gasteiger partial charge in [0.15, 0.2) is 0 Å². The Morgan fingerprint density at radius 2 is 1.45 bits per heavy atom. The van der Waals surface area contributed by atoms with E-state index in [1.54, 1.807) is 10.5 Å². The van der Waals surface area contributed by atoms with Crippen molar-refractivity contribution in [2.75, 3.05) is 20.7 Å². The molecule has 1 rings (SSSR count). The van der Waals surface area contributed by atoms with Gasteiger partial charge < -0.3 is 11.1 Å². The summed E-state index contributed by atoms with van der Waals surface area (Å²) < 4.78 is 3.08. The van der Waals surface area contributed by atoms with Gasteiger partial charge in [0.05, 0.1) is 0 Å². The van der Waals surface area contributed by atoms with Gasteiger partial charge >= 0.3 is 69.6 Å². The number of anilines is 1. The molecule has 0 amide bonds. The maximum atomic E-state index is 4.85. The van der Waals surface area contributed by atoms with Crippen molar-refractivity contribution in [3.05, 3.63) is 54.8 Å². The Balaban J connectivity index is -0.000000501. The third-order valence-electron chi connectivity index (χ3n) is 5.06. The molecular weight excluding hydrogens is 515 g/mol. The average Bonchev–Trinajstić information content (AvgIpc) is 2.87. The number of nitrogens with one attached hydrogen (secondary N) is 1. The summed E-state index contributed by atoms with van der Waals surface area (Å²) in [6, 6.07) is 6.92. The standard InChI is InChI=1S/C17H29N.C8H18I.C3H7N.C2H4/c1-4-7-8-9-10-11-18-17-13-15(5-2)12-16(6-3)14-17;1-4-6-9-7-8(3)5-2;1-2-3-4;1-2/h12-14,18H,4-11H2,1-3H3;8H,4-7H2,1-3H3;2-3H,4H2,1H3;1-2H2/q;-1;;/b;;3-2-;. The molecule has 3 N–H and O–H groups in total. The number of unbranched alkanes of at least 4 members (excludes halogenated alkanes) is 4. The SMILES string of the molecule is C/C=C\N.C=C.CCCCCCCNc1cc(CC)cc(CC)c1.CCC[I-]CC(C)CC. The first kappa shape index (κ1) is 36.6. The number of halogens is 1. The van der Waals surface area contributed by atoms with Crippen molar-refractivity contribution in [3.63, 3.8) is 0 Å². The van der Waals surface area contributed by atoms with Gasteiger partial charge in [-0.1, -0.05) is 58.6 Å². The van der Waals surface area contributed by atoms with Crippen LogP contribution in [0.1, 0.15) is 105 Å². The molecule has 0 aliphatic heterocycles. The van der Waals surface area contributed by atoms with Crippen LogP contribution in [0.3, 0.4) is 0 Å². The first-order chi connectivity index (χ1) is 16.0.